The van der Waals surface area contributed by atoms with Gasteiger partial charge >= 0.3 is 5.97 Å². The van der Waals surface area contributed by atoms with E-state index < -0.39 is 0 Å². The lowest BCUT2D eigenvalue weighted by Crippen LogP contribution is -2.33. The summed E-state index contributed by atoms with van der Waals surface area (Å²) >= 11 is 0. The number of carbonyl (C=O) groups is 2. The van der Waals surface area contributed by atoms with Crippen molar-refractivity contribution in [1.29, 1.82) is 5.26 Å². The maximum atomic E-state index is 11.7. The minimum absolute atomic E-state index is 0.00930. The van der Waals surface area contributed by atoms with E-state index in [2.05, 4.69) is 6.07 Å². The predicted octanol–water partition coefficient (Wildman–Crippen LogP) is 1.38. The predicted molar refractivity (Wildman–Crippen MR) is 67.8 cm³/mol. The van der Waals surface area contributed by atoms with Gasteiger partial charge in [-0.25, -0.2) is 0 Å². The molecule has 0 aromatic heterocycles. The molecule has 0 saturated carbocycles. The number of esters is 1. The van der Waals surface area contributed by atoms with Gasteiger partial charge in [0.15, 0.2) is 0 Å². The van der Waals surface area contributed by atoms with Gasteiger partial charge in [0.05, 0.1) is 31.6 Å². The van der Waals surface area contributed by atoms with Crippen LogP contribution in [0.25, 0.3) is 0 Å². The van der Waals surface area contributed by atoms with Crippen molar-refractivity contribution in [2.24, 2.45) is 5.92 Å². The minimum Gasteiger partial charge on any atom is -0.466 e. The summed E-state index contributed by atoms with van der Waals surface area (Å²) in [6.45, 7) is 7.45. The van der Waals surface area contributed by atoms with Gasteiger partial charge in [0.2, 0.25) is 0 Å². The summed E-state index contributed by atoms with van der Waals surface area (Å²) in [7, 11) is 0. The first-order chi connectivity index (χ1) is 8.53. The molecule has 0 aliphatic carbocycles. The summed E-state index contributed by atoms with van der Waals surface area (Å²) in [5, 5.41) is 8.73. The van der Waals surface area contributed by atoms with E-state index in [0.29, 0.717) is 19.7 Å². The molecule has 0 aromatic rings. The van der Waals surface area contributed by atoms with Crippen LogP contribution in [0, 0.1) is 17.2 Å². The molecule has 0 aliphatic rings. The van der Waals surface area contributed by atoms with Crippen molar-refractivity contribution in [2.45, 2.75) is 33.6 Å². The number of ketones is 1. The third kappa shape index (κ3) is 7.80. The van der Waals surface area contributed by atoms with Gasteiger partial charge in [-0.3, -0.25) is 14.5 Å². The number of likely N-dealkylation sites (N-methyl/N-ethyl adjacent to an activating group) is 1. The van der Waals surface area contributed by atoms with E-state index >= 15 is 0 Å². The molecule has 0 aliphatic heterocycles. The van der Waals surface area contributed by atoms with Crippen LogP contribution in [0.1, 0.15) is 33.6 Å². The second kappa shape index (κ2) is 9.60. The van der Waals surface area contributed by atoms with Crippen LogP contribution in [0.5, 0.6) is 0 Å². The van der Waals surface area contributed by atoms with Crippen molar-refractivity contribution >= 4 is 11.8 Å². The van der Waals surface area contributed by atoms with Crippen molar-refractivity contribution < 1.29 is 14.3 Å². The lowest BCUT2D eigenvalue weighted by atomic mass is 10.1. The molecule has 5 heteroatoms. The van der Waals surface area contributed by atoms with Gasteiger partial charge in [-0.05, 0) is 20.4 Å². The second-order valence-electron chi connectivity index (χ2n) is 4.20. The third-order valence-electron chi connectivity index (χ3n) is 2.51. The van der Waals surface area contributed by atoms with Crippen molar-refractivity contribution in [3.05, 3.63) is 0 Å². The number of Topliss-reactive ketones (excluding diaryl/α,β-unsaturated/α-hetero) is 1. The summed E-state index contributed by atoms with van der Waals surface area (Å²) in [6, 6.07) is 2.14. The van der Waals surface area contributed by atoms with Crippen molar-refractivity contribution in [3.63, 3.8) is 0 Å². The van der Waals surface area contributed by atoms with E-state index in [9.17, 15) is 9.59 Å². The summed E-state index contributed by atoms with van der Waals surface area (Å²) < 4.78 is 4.76. The second-order valence-corrected chi connectivity index (χ2v) is 4.20. The fourth-order valence-corrected chi connectivity index (χ4v) is 1.54. The number of rotatable bonds is 9. The first kappa shape index (κ1) is 16.6. The Kier molecular flexibility index (Phi) is 8.85. The quantitative estimate of drug-likeness (QED) is 0.581. The van der Waals surface area contributed by atoms with E-state index in [1.54, 1.807) is 6.92 Å². The molecule has 18 heavy (non-hydrogen) atoms. The Bertz CT molecular complexity index is 310. The van der Waals surface area contributed by atoms with Crippen LogP contribution in [0.3, 0.4) is 0 Å². The molecule has 0 fully saturated rings. The molecule has 5 nitrogen and oxygen atoms in total. The largest absolute Gasteiger partial charge is 0.466 e. The first-order valence-electron chi connectivity index (χ1n) is 6.32. The highest BCUT2D eigenvalue weighted by atomic mass is 16.5. The molecule has 0 amide bonds. The molecule has 0 bridgehead atoms. The summed E-state index contributed by atoms with van der Waals surface area (Å²) in [4.78, 5) is 24.7. The number of nitriles is 1. The maximum Gasteiger partial charge on any atom is 0.306 e. The molecule has 0 aromatic carbocycles. The molecule has 0 N–H and O–H groups in total. The number of carbonyl (C=O) groups excluding carboxylic acids is 2. The monoisotopic (exact) mass is 254 g/mol. The molecule has 0 radical (unpaired) electrons. The van der Waals surface area contributed by atoms with Crippen LogP contribution < -0.4 is 0 Å². The molecule has 1 atom stereocenters. The Morgan fingerprint density at radius 3 is 2.50 bits per heavy atom. The van der Waals surface area contributed by atoms with Crippen LogP contribution in [0.4, 0.5) is 0 Å². The van der Waals surface area contributed by atoms with E-state index in [4.69, 9.17) is 10.00 Å². The van der Waals surface area contributed by atoms with Gasteiger partial charge in [0.25, 0.3) is 0 Å². The molecular formula is C13H22N2O3. The number of ether oxygens (including phenoxy) is 1. The van der Waals surface area contributed by atoms with Gasteiger partial charge in [-0.15, -0.1) is 0 Å². The Labute approximate surface area is 109 Å². The Hall–Kier alpha value is -1.41. The highest BCUT2D eigenvalue weighted by molar-refractivity contribution is 5.84. The molecule has 102 valence electrons. The topological polar surface area (TPSA) is 70.4 Å². The average Bonchev–Trinajstić information content (AvgIpc) is 2.35. The maximum absolute atomic E-state index is 11.7. The van der Waals surface area contributed by atoms with Gasteiger partial charge in [-0.2, -0.15) is 5.26 Å². The van der Waals surface area contributed by atoms with Crippen LogP contribution >= 0.6 is 0 Å². The molecule has 0 rings (SSSR count). The van der Waals surface area contributed by atoms with Crippen LogP contribution in [0.2, 0.25) is 0 Å². The van der Waals surface area contributed by atoms with Crippen molar-refractivity contribution in [3.8, 4) is 6.07 Å². The molecule has 0 saturated heterocycles. The summed E-state index contributed by atoms with van der Waals surface area (Å²) in [5.41, 5.74) is 0. The van der Waals surface area contributed by atoms with E-state index in [1.165, 1.54) is 0 Å². The van der Waals surface area contributed by atoms with Crippen LogP contribution in [0.15, 0.2) is 0 Å². The molecule has 0 spiro atoms. The zero-order valence-electron chi connectivity index (χ0n) is 11.4. The highest BCUT2D eigenvalue weighted by Crippen LogP contribution is 2.01. The number of nitrogens with zero attached hydrogens (tertiary/aromatic N) is 2. The van der Waals surface area contributed by atoms with Gasteiger partial charge < -0.3 is 4.74 Å². The van der Waals surface area contributed by atoms with Gasteiger partial charge in [0, 0.05) is 13.0 Å². The van der Waals surface area contributed by atoms with Crippen LogP contribution in [-0.2, 0) is 14.3 Å². The van der Waals surface area contributed by atoms with Crippen molar-refractivity contribution in [1.82, 2.24) is 4.90 Å². The molecular weight excluding hydrogens is 232 g/mol. The minimum atomic E-state index is -0.334. The van der Waals surface area contributed by atoms with Gasteiger partial charge in [0.1, 0.15) is 5.78 Å². The number of hydrogen-bond acceptors (Lipinski definition) is 5. The first-order valence-corrected chi connectivity index (χ1v) is 6.32. The normalized spacial score (nSPS) is 11.9. The summed E-state index contributed by atoms with van der Waals surface area (Å²) in [6.07, 6.45) is 0.342. The SMILES string of the molecule is CCOC(=O)CCC(=O)CN(CC)CC(C)C#N. The third-order valence-corrected chi connectivity index (χ3v) is 2.51. The fraction of sp³-hybridized carbons (Fsp3) is 0.769. The molecule has 1 unspecified atom stereocenters. The smallest absolute Gasteiger partial charge is 0.306 e. The lowest BCUT2D eigenvalue weighted by Gasteiger charge is -2.20. The number of hydrogen-bond donors (Lipinski definition) is 0. The Balaban J connectivity index is 3.97. The van der Waals surface area contributed by atoms with Gasteiger partial charge in [-0.1, -0.05) is 6.92 Å². The van der Waals surface area contributed by atoms with Crippen LogP contribution in [-0.4, -0.2) is 42.9 Å². The van der Waals surface area contributed by atoms with E-state index in [-0.39, 0.29) is 30.5 Å². The Morgan fingerprint density at radius 2 is 2.00 bits per heavy atom. The highest BCUT2D eigenvalue weighted by Gasteiger charge is 2.13. The summed E-state index contributed by atoms with van der Waals surface area (Å²) in [5.74, 6) is -0.419. The fourth-order valence-electron chi connectivity index (χ4n) is 1.54. The molecule has 0 heterocycles. The zero-order chi connectivity index (χ0) is 14.0. The Morgan fingerprint density at radius 1 is 1.33 bits per heavy atom. The zero-order valence-corrected chi connectivity index (χ0v) is 11.4. The lowest BCUT2D eigenvalue weighted by molar-refractivity contribution is -0.144. The van der Waals surface area contributed by atoms with E-state index in [1.807, 2.05) is 18.7 Å². The average molecular weight is 254 g/mol. The van der Waals surface area contributed by atoms with Crippen molar-refractivity contribution in [2.75, 3.05) is 26.2 Å². The standard InChI is InChI=1S/C13H22N2O3/c1-4-15(9-11(3)8-14)10-12(16)6-7-13(17)18-5-2/h11H,4-7,9-10H2,1-3H3. The van der Waals surface area contributed by atoms with E-state index in [0.717, 1.165) is 6.54 Å².